The minimum absolute atomic E-state index is 0.171. The smallest absolute Gasteiger partial charge is 0.248 e. The van der Waals surface area contributed by atoms with Crippen molar-refractivity contribution < 1.29 is 12.9 Å². The summed E-state index contributed by atoms with van der Waals surface area (Å²) in [6.45, 7) is 5.57. The highest BCUT2D eigenvalue weighted by Crippen LogP contribution is 2.25. The average molecular weight is 300 g/mol. The molecule has 2 heterocycles. The molecule has 2 aromatic rings. The van der Waals surface area contributed by atoms with E-state index in [-0.39, 0.29) is 4.90 Å². The number of thiophene rings is 1. The highest BCUT2D eigenvalue weighted by molar-refractivity contribution is 7.89. The molecule has 0 fully saturated rings. The molecule has 0 saturated carbocycles. The zero-order valence-corrected chi connectivity index (χ0v) is 12.9. The van der Waals surface area contributed by atoms with Gasteiger partial charge in [-0.2, -0.15) is 4.31 Å². The molecule has 0 amide bonds. The Kier molecular flexibility index (Phi) is 3.80. The van der Waals surface area contributed by atoms with Crippen LogP contribution in [0.15, 0.2) is 20.9 Å². The quantitative estimate of drug-likeness (QED) is 0.870. The molecule has 0 aromatic carbocycles. The van der Waals surface area contributed by atoms with Gasteiger partial charge in [-0.05, 0) is 37.8 Å². The molecule has 0 aliphatic heterocycles. The molecular formula is C12H16N2O3S2. The number of rotatable bonds is 4. The van der Waals surface area contributed by atoms with Gasteiger partial charge in [0.05, 0.1) is 0 Å². The fourth-order valence-corrected chi connectivity index (χ4v) is 4.31. The van der Waals surface area contributed by atoms with Crippen LogP contribution in [0.25, 0.3) is 0 Å². The van der Waals surface area contributed by atoms with E-state index < -0.39 is 10.0 Å². The van der Waals surface area contributed by atoms with Crippen LogP contribution in [0.2, 0.25) is 0 Å². The second-order valence-corrected chi connectivity index (χ2v) is 7.42. The van der Waals surface area contributed by atoms with E-state index in [1.165, 1.54) is 4.31 Å². The maximum atomic E-state index is 12.5. The van der Waals surface area contributed by atoms with Crippen molar-refractivity contribution in [2.45, 2.75) is 32.2 Å². The van der Waals surface area contributed by atoms with Crippen molar-refractivity contribution in [3.05, 3.63) is 33.3 Å². The van der Waals surface area contributed by atoms with Crippen molar-refractivity contribution >= 4 is 21.4 Å². The van der Waals surface area contributed by atoms with E-state index in [9.17, 15) is 8.42 Å². The van der Waals surface area contributed by atoms with E-state index in [1.54, 1.807) is 32.2 Å². The van der Waals surface area contributed by atoms with Gasteiger partial charge >= 0.3 is 0 Å². The van der Waals surface area contributed by atoms with E-state index in [0.717, 1.165) is 10.4 Å². The SMILES string of the molecule is Cc1ccsc1CN(C)S(=O)(=O)c1c(C)noc1C. The Morgan fingerprint density at radius 1 is 1.37 bits per heavy atom. The summed E-state index contributed by atoms with van der Waals surface area (Å²) in [6.07, 6.45) is 0. The maximum absolute atomic E-state index is 12.5. The van der Waals surface area contributed by atoms with Crippen molar-refractivity contribution in [3.8, 4) is 0 Å². The summed E-state index contributed by atoms with van der Waals surface area (Å²) in [5.74, 6) is 0.326. The summed E-state index contributed by atoms with van der Waals surface area (Å²) >= 11 is 1.55. The Hall–Kier alpha value is -1.18. The Bertz CT molecular complexity index is 666. The molecule has 0 saturated heterocycles. The van der Waals surface area contributed by atoms with Crippen LogP contribution in [0.4, 0.5) is 0 Å². The largest absolute Gasteiger partial charge is 0.360 e. The number of aryl methyl sites for hydroxylation is 3. The first-order chi connectivity index (χ1) is 8.84. The second kappa shape index (κ2) is 5.07. The van der Waals surface area contributed by atoms with Gasteiger partial charge in [-0.3, -0.25) is 0 Å². The van der Waals surface area contributed by atoms with Crippen LogP contribution in [-0.2, 0) is 16.6 Å². The van der Waals surface area contributed by atoms with Crippen LogP contribution >= 0.6 is 11.3 Å². The molecule has 0 aliphatic carbocycles. The van der Waals surface area contributed by atoms with Gasteiger partial charge in [-0.15, -0.1) is 11.3 Å². The molecule has 0 spiro atoms. The van der Waals surface area contributed by atoms with Crippen LogP contribution < -0.4 is 0 Å². The Labute approximate surface area is 116 Å². The average Bonchev–Trinajstić information content (AvgIpc) is 2.86. The number of hydrogen-bond donors (Lipinski definition) is 0. The van der Waals surface area contributed by atoms with E-state index in [4.69, 9.17) is 4.52 Å². The predicted octanol–water partition coefficient (Wildman–Crippen LogP) is 2.48. The third-order valence-corrected chi connectivity index (χ3v) is 6.03. The summed E-state index contributed by atoms with van der Waals surface area (Å²) in [7, 11) is -2.00. The van der Waals surface area contributed by atoms with Crippen molar-refractivity contribution in [2.75, 3.05) is 7.05 Å². The van der Waals surface area contributed by atoms with E-state index in [2.05, 4.69) is 5.16 Å². The normalized spacial score (nSPS) is 12.3. The summed E-state index contributed by atoms with van der Waals surface area (Å²) in [6, 6.07) is 1.98. The van der Waals surface area contributed by atoms with Gasteiger partial charge in [0, 0.05) is 18.5 Å². The summed E-state index contributed by atoms with van der Waals surface area (Å²) < 4.78 is 31.3. The fourth-order valence-electron chi connectivity index (χ4n) is 1.85. The topological polar surface area (TPSA) is 63.4 Å². The number of nitrogens with zero attached hydrogens (tertiary/aromatic N) is 2. The van der Waals surface area contributed by atoms with Gasteiger partial charge in [-0.1, -0.05) is 5.16 Å². The van der Waals surface area contributed by atoms with Crippen molar-refractivity contribution in [2.24, 2.45) is 0 Å². The first-order valence-electron chi connectivity index (χ1n) is 5.76. The van der Waals surface area contributed by atoms with Crippen molar-refractivity contribution in [1.29, 1.82) is 0 Å². The van der Waals surface area contributed by atoms with Gasteiger partial charge < -0.3 is 4.52 Å². The fraction of sp³-hybridized carbons (Fsp3) is 0.417. The lowest BCUT2D eigenvalue weighted by atomic mass is 10.3. The first kappa shape index (κ1) is 14.2. The summed E-state index contributed by atoms with van der Waals surface area (Å²) in [5, 5.41) is 5.66. The Morgan fingerprint density at radius 2 is 2.05 bits per heavy atom. The van der Waals surface area contributed by atoms with Crippen LogP contribution in [0.5, 0.6) is 0 Å². The lowest BCUT2D eigenvalue weighted by molar-refractivity contribution is 0.389. The summed E-state index contributed by atoms with van der Waals surface area (Å²) in [5.41, 5.74) is 1.50. The maximum Gasteiger partial charge on any atom is 0.248 e. The molecule has 0 bridgehead atoms. The third-order valence-electron chi connectivity index (χ3n) is 2.97. The highest BCUT2D eigenvalue weighted by Gasteiger charge is 2.28. The molecule has 5 nitrogen and oxygen atoms in total. The van der Waals surface area contributed by atoms with Gasteiger partial charge in [0.2, 0.25) is 10.0 Å². The van der Waals surface area contributed by atoms with Gasteiger partial charge in [-0.25, -0.2) is 8.42 Å². The van der Waals surface area contributed by atoms with E-state index in [0.29, 0.717) is 18.0 Å². The first-order valence-corrected chi connectivity index (χ1v) is 8.08. The Balaban J connectivity index is 2.33. The molecule has 104 valence electrons. The van der Waals surface area contributed by atoms with Crippen molar-refractivity contribution in [3.63, 3.8) is 0 Å². The molecule has 19 heavy (non-hydrogen) atoms. The number of aromatic nitrogens is 1. The molecule has 0 N–H and O–H groups in total. The van der Waals surface area contributed by atoms with E-state index in [1.807, 2.05) is 18.4 Å². The zero-order chi connectivity index (χ0) is 14.2. The third kappa shape index (κ3) is 2.58. The Morgan fingerprint density at radius 3 is 2.53 bits per heavy atom. The molecule has 0 atom stereocenters. The zero-order valence-electron chi connectivity index (χ0n) is 11.3. The monoisotopic (exact) mass is 300 g/mol. The van der Waals surface area contributed by atoms with Gasteiger partial charge in [0.15, 0.2) is 5.76 Å². The lowest BCUT2D eigenvalue weighted by Crippen LogP contribution is -2.27. The second-order valence-electron chi connectivity index (χ2n) is 4.44. The predicted molar refractivity (Wildman–Crippen MR) is 73.7 cm³/mol. The minimum atomic E-state index is -3.57. The standard InChI is InChI=1S/C12H16N2O3S2/c1-8-5-6-18-11(8)7-14(4)19(15,16)12-9(2)13-17-10(12)3/h5-6H,7H2,1-4H3. The number of sulfonamides is 1. The van der Waals surface area contributed by atoms with Crippen LogP contribution in [0.1, 0.15) is 21.9 Å². The highest BCUT2D eigenvalue weighted by atomic mass is 32.2. The van der Waals surface area contributed by atoms with Crippen LogP contribution in [0.3, 0.4) is 0 Å². The molecule has 0 radical (unpaired) electrons. The molecule has 2 aromatic heterocycles. The van der Waals surface area contributed by atoms with E-state index >= 15 is 0 Å². The number of hydrogen-bond acceptors (Lipinski definition) is 5. The minimum Gasteiger partial charge on any atom is -0.360 e. The molecule has 7 heteroatoms. The van der Waals surface area contributed by atoms with Gasteiger partial charge in [0.25, 0.3) is 0 Å². The van der Waals surface area contributed by atoms with Crippen molar-refractivity contribution in [1.82, 2.24) is 9.46 Å². The van der Waals surface area contributed by atoms with Gasteiger partial charge in [0.1, 0.15) is 10.6 Å². The van der Waals surface area contributed by atoms with Crippen LogP contribution in [0, 0.1) is 20.8 Å². The molecule has 2 rings (SSSR count). The van der Waals surface area contributed by atoms with Crippen LogP contribution in [-0.4, -0.2) is 24.9 Å². The summed E-state index contributed by atoms with van der Waals surface area (Å²) in [4.78, 5) is 1.21. The molecular weight excluding hydrogens is 284 g/mol. The lowest BCUT2D eigenvalue weighted by Gasteiger charge is -2.16. The molecule has 0 unspecified atom stereocenters. The molecule has 0 aliphatic rings.